The highest BCUT2D eigenvalue weighted by molar-refractivity contribution is 8.29. The molecule has 0 amide bonds. The third kappa shape index (κ3) is 6.26. The molecule has 6 nitrogen and oxygen atoms in total. The average Bonchev–Trinajstić information content (AvgIpc) is 3.59. The van der Waals surface area contributed by atoms with E-state index in [2.05, 4.69) is 21.1 Å². The van der Waals surface area contributed by atoms with Crippen molar-refractivity contribution in [3.63, 3.8) is 0 Å². The second kappa shape index (κ2) is 11.4. The van der Waals surface area contributed by atoms with Gasteiger partial charge < -0.3 is 0 Å². The van der Waals surface area contributed by atoms with Gasteiger partial charge in [0.15, 0.2) is 10.1 Å². The molecule has 0 unspecified atom stereocenters. The Balaban J connectivity index is 1.66. The monoisotopic (exact) mass is 490 g/mol. The zero-order valence-electron chi connectivity index (χ0n) is 17.2. The van der Waals surface area contributed by atoms with Crippen LogP contribution in [0.15, 0.2) is 106 Å². The van der Waals surface area contributed by atoms with Crippen LogP contribution in [0.4, 0.5) is 11.4 Å². The minimum Gasteiger partial charge on any atom is -0.285 e. The Morgan fingerprint density at radius 2 is 1.03 bits per heavy atom. The van der Waals surface area contributed by atoms with Gasteiger partial charge in [-0.3, -0.25) is 20.4 Å². The van der Waals surface area contributed by atoms with Crippen LogP contribution in [0.5, 0.6) is 0 Å². The number of hydrazone groups is 2. The van der Waals surface area contributed by atoms with Gasteiger partial charge >= 0.3 is 0 Å². The van der Waals surface area contributed by atoms with Gasteiger partial charge in [-0.15, -0.1) is 22.7 Å². The number of rotatable bonds is 8. The number of carbonyl (C=O) groups is 2. The van der Waals surface area contributed by atoms with Crippen LogP contribution < -0.4 is 10.9 Å². The van der Waals surface area contributed by atoms with Crippen molar-refractivity contribution in [2.45, 2.75) is 0 Å². The third-order valence-electron chi connectivity index (χ3n) is 4.19. The van der Waals surface area contributed by atoms with Crippen LogP contribution in [-0.2, 0) is 0 Å². The second-order valence-electron chi connectivity index (χ2n) is 6.50. The van der Waals surface area contributed by atoms with Crippen molar-refractivity contribution in [3.8, 4) is 0 Å². The number of anilines is 2. The molecule has 0 bridgehead atoms. The Hall–Kier alpha value is -3.53. The maximum absolute atomic E-state index is 13.2. The van der Waals surface area contributed by atoms with Crippen molar-refractivity contribution in [2.24, 2.45) is 10.2 Å². The Morgan fingerprint density at radius 3 is 1.39 bits per heavy atom. The van der Waals surface area contributed by atoms with Gasteiger partial charge in [-0.2, -0.15) is 10.2 Å². The predicted molar refractivity (Wildman–Crippen MR) is 140 cm³/mol. The summed E-state index contributed by atoms with van der Waals surface area (Å²) in [5.74, 6) is -0.574. The van der Waals surface area contributed by atoms with E-state index < -0.39 is 0 Å². The fourth-order valence-electron chi connectivity index (χ4n) is 2.61. The standard InChI is InChI=1S/C24H18N4O2S3/c29-21(19-13-7-15-31-19)23(27-25-17-9-3-1-4-10-17)33-24(22(30)20-14-8-16-32-20)28-26-18-11-5-2-6-12-18/h1-16,25-26H/b27-23+,28-24+. The molecule has 0 atom stereocenters. The summed E-state index contributed by atoms with van der Waals surface area (Å²) in [5.41, 5.74) is 7.26. The highest BCUT2D eigenvalue weighted by Gasteiger charge is 2.24. The van der Waals surface area contributed by atoms with E-state index in [1.165, 1.54) is 22.7 Å². The summed E-state index contributed by atoms with van der Waals surface area (Å²) in [7, 11) is 0. The summed E-state index contributed by atoms with van der Waals surface area (Å²) in [5, 5.41) is 12.5. The maximum atomic E-state index is 13.2. The number of nitrogens with zero attached hydrogens (tertiary/aromatic N) is 2. The first-order chi connectivity index (χ1) is 16.2. The number of thiophene rings is 2. The summed E-state index contributed by atoms with van der Waals surface area (Å²) in [4.78, 5) is 27.4. The van der Waals surface area contributed by atoms with Gasteiger partial charge in [-0.05, 0) is 58.9 Å². The van der Waals surface area contributed by atoms with Gasteiger partial charge in [-0.1, -0.05) is 48.5 Å². The fraction of sp³-hybridized carbons (Fsp3) is 0. The number of nitrogens with one attached hydrogen (secondary N) is 2. The molecule has 0 saturated heterocycles. The van der Waals surface area contributed by atoms with Crippen LogP contribution in [0.1, 0.15) is 19.3 Å². The van der Waals surface area contributed by atoms with Gasteiger partial charge in [0, 0.05) is 0 Å². The molecule has 4 rings (SSSR count). The van der Waals surface area contributed by atoms with Crippen LogP contribution in [0.25, 0.3) is 0 Å². The molecule has 33 heavy (non-hydrogen) atoms. The summed E-state index contributed by atoms with van der Waals surface area (Å²) in [6, 6.07) is 25.6. The van der Waals surface area contributed by atoms with Crippen molar-refractivity contribution in [3.05, 3.63) is 105 Å². The molecule has 2 N–H and O–H groups in total. The molecule has 0 spiro atoms. The van der Waals surface area contributed by atoms with Crippen molar-refractivity contribution in [1.82, 2.24) is 0 Å². The van der Waals surface area contributed by atoms with E-state index in [-0.39, 0.29) is 21.7 Å². The zero-order chi connectivity index (χ0) is 22.9. The van der Waals surface area contributed by atoms with Gasteiger partial charge in [0.1, 0.15) is 0 Å². The van der Waals surface area contributed by atoms with Crippen molar-refractivity contribution >= 4 is 67.5 Å². The Morgan fingerprint density at radius 1 is 0.606 bits per heavy atom. The molecule has 0 aliphatic rings. The molecule has 9 heteroatoms. The van der Waals surface area contributed by atoms with Crippen LogP contribution in [0.2, 0.25) is 0 Å². The molecule has 0 aliphatic carbocycles. The van der Waals surface area contributed by atoms with Gasteiger partial charge in [0.05, 0.1) is 21.1 Å². The van der Waals surface area contributed by atoms with Gasteiger partial charge in [0.25, 0.3) is 0 Å². The molecular weight excluding hydrogens is 472 g/mol. The lowest BCUT2D eigenvalue weighted by molar-refractivity contribution is 0.106. The van der Waals surface area contributed by atoms with E-state index in [4.69, 9.17) is 0 Å². The molecule has 0 radical (unpaired) electrons. The van der Waals surface area contributed by atoms with Crippen molar-refractivity contribution < 1.29 is 9.59 Å². The number of Topliss-reactive ketones (excluding diaryl/α,β-unsaturated/α-hetero) is 2. The van der Waals surface area contributed by atoms with E-state index in [1.54, 1.807) is 24.3 Å². The minimum atomic E-state index is -0.287. The van der Waals surface area contributed by atoms with Crippen LogP contribution in [-0.4, -0.2) is 21.7 Å². The first-order valence-electron chi connectivity index (χ1n) is 9.82. The zero-order valence-corrected chi connectivity index (χ0v) is 19.6. The van der Waals surface area contributed by atoms with E-state index >= 15 is 0 Å². The van der Waals surface area contributed by atoms with Crippen molar-refractivity contribution in [2.75, 3.05) is 10.9 Å². The van der Waals surface area contributed by atoms with E-state index in [0.717, 1.165) is 23.1 Å². The SMILES string of the molecule is O=C(/C(=N\Nc1ccccc1)S/C(=N/Nc1ccccc1)C(=O)c1cccs1)c1cccs1. The van der Waals surface area contributed by atoms with Crippen LogP contribution in [0.3, 0.4) is 0 Å². The highest BCUT2D eigenvalue weighted by atomic mass is 32.2. The smallest absolute Gasteiger partial charge is 0.230 e. The summed E-state index contributed by atoms with van der Waals surface area (Å²) >= 11 is 3.56. The number of hydrogen-bond donors (Lipinski definition) is 2. The normalized spacial score (nSPS) is 11.8. The first-order valence-corrected chi connectivity index (χ1v) is 12.4. The van der Waals surface area contributed by atoms with Crippen molar-refractivity contribution in [1.29, 1.82) is 0 Å². The summed E-state index contributed by atoms with van der Waals surface area (Å²) in [6.07, 6.45) is 0. The second-order valence-corrected chi connectivity index (χ2v) is 9.38. The summed E-state index contributed by atoms with van der Waals surface area (Å²) < 4.78 is 0. The van der Waals surface area contributed by atoms with E-state index in [0.29, 0.717) is 9.75 Å². The highest BCUT2D eigenvalue weighted by Crippen LogP contribution is 2.22. The number of hydrogen-bond acceptors (Lipinski definition) is 9. The molecule has 0 aliphatic heterocycles. The van der Waals surface area contributed by atoms with Crippen LogP contribution in [0, 0.1) is 0 Å². The largest absolute Gasteiger partial charge is 0.285 e. The predicted octanol–water partition coefficient (Wildman–Crippen LogP) is 6.46. The average molecular weight is 491 g/mol. The molecule has 164 valence electrons. The Labute approximate surface area is 203 Å². The minimum absolute atomic E-state index is 0.111. The third-order valence-corrected chi connectivity index (χ3v) is 6.87. The lowest BCUT2D eigenvalue weighted by Crippen LogP contribution is -2.19. The summed E-state index contributed by atoms with van der Waals surface area (Å²) in [6.45, 7) is 0. The van der Waals surface area contributed by atoms with Gasteiger partial charge in [0.2, 0.25) is 11.6 Å². The molecule has 4 aromatic rings. The molecular formula is C24H18N4O2S3. The van der Waals surface area contributed by atoms with Gasteiger partial charge in [-0.25, -0.2) is 0 Å². The molecule has 0 fully saturated rings. The first kappa shape index (κ1) is 22.7. The Kier molecular flexibility index (Phi) is 7.81. The van der Waals surface area contributed by atoms with E-state index in [1.807, 2.05) is 71.4 Å². The fourth-order valence-corrected chi connectivity index (χ4v) is 4.84. The quantitative estimate of drug-likeness (QED) is 0.128. The molecule has 2 aromatic carbocycles. The number of ketones is 2. The molecule has 2 aromatic heterocycles. The number of carbonyl (C=O) groups excluding carboxylic acids is 2. The molecule has 0 saturated carbocycles. The topological polar surface area (TPSA) is 82.9 Å². The van der Waals surface area contributed by atoms with E-state index in [9.17, 15) is 9.59 Å². The Bertz CT molecular complexity index is 1150. The lowest BCUT2D eigenvalue weighted by atomic mass is 10.3. The maximum Gasteiger partial charge on any atom is 0.230 e. The van der Waals surface area contributed by atoms with Crippen LogP contribution >= 0.6 is 34.4 Å². The molecule has 2 heterocycles. The number of benzene rings is 2. The number of thioether (sulfide) groups is 1. The lowest BCUT2D eigenvalue weighted by Gasteiger charge is -2.08. The number of para-hydroxylation sites is 2.